The van der Waals surface area contributed by atoms with Gasteiger partial charge < -0.3 is 0 Å². The summed E-state index contributed by atoms with van der Waals surface area (Å²) in [6, 6.07) is 6.11. The molecule has 0 heterocycles. The number of non-ortho nitro benzene ring substituents is 1. The molecule has 0 bridgehead atoms. The second kappa shape index (κ2) is 6.22. The Hall–Kier alpha value is -1.43. The normalized spacial score (nSPS) is 11.2. The average Bonchev–Trinajstić information content (AvgIpc) is 2.27. The third-order valence-corrected chi connectivity index (χ3v) is 2.41. The number of rotatable bonds is 5. The maximum Gasteiger partial charge on any atom is 0.269 e. The standard InChI is InChI=1S/C10H12BrN3O2/c1-2-3-10(11)13-12-8-4-6-9(7-5-8)14(15)16/h4-7,12H,2-3H2,1H3. The molecule has 5 nitrogen and oxygen atoms in total. The topological polar surface area (TPSA) is 67.5 Å². The third kappa shape index (κ3) is 3.98. The zero-order valence-electron chi connectivity index (χ0n) is 8.81. The smallest absolute Gasteiger partial charge is 0.269 e. The van der Waals surface area contributed by atoms with Crippen molar-refractivity contribution in [3.8, 4) is 0 Å². The summed E-state index contributed by atoms with van der Waals surface area (Å²) >= 11 is 3.31. The van der Waals surface area contributed by atoms with Gasteiger partial charge in [0.05, 0.1) is 10.6 Å². The van der Waals surface area contributed by atoms with E-state index in [1.165, 1.54) is 12.1 Å². The van der Waals surface area contributed by atoms with Gasteiger partial charge in [0.1, 0.15) is 4.62 Å². The zero-order chi connectivity index (χ0) is 12.0. The van der Waals surface area contributed by atoms with Crippen molar-refractivity contribution in [2.75, 3.05) is 5.43 Å². The van der Waals surface area contributed by atoms with Crippen LogP contribution in [0.1, 0.15) is 19.8 Å². The highest BCUT2D eigenvalue weighted by Gasteiger charge is 2.03. The number of hydrogen-bond acceptors (Lipinski definition) is 4. The highest BCUT2D eigenvalue weighted by molar-refractivity contribution is 9.18. The lowest BCUT2D eigenvalue weighted by Crippen LogP contribution is -1.94. The number of hydrazone groups is 1. The fraction of sp³-hybridized carbons (Fsp3) is 0.300. The Morgan fingerprint density at radius 1 is 1.50 bits per heavy atom. The van der Waals surface area contributed by atoms with Gasteiger partial charge in [-0.15, -0.1) is 0 Å². The average molecular weight is 286 g/mol. The van der Waals surface area contributed by atoms with E-state index in [9.17, 15) is 10.1 Å². The first-order valence-electron chi connectivity index (χ1n) is 4.86. The van der Waals surface area contributed by atoms with Crippen molar-refractivity contribution in [2.45, 2.75) is 19.8 Å². The fourth-order valence-electron chi connectivity index (χ4n) is 1.05. The van der Waals surface area contributed by atoms with E-state index >= 15 is 0 Å². The van der Waals surface area contributed by atoms with Crippen molar-refractivity contribution >= 4 is 31.9 Å². The van der Waals surface area contributed by atoms with Gasteiger partial charge in [-0.1, -0.05) is 6.92 Å². The minimum atomic E-state index is -0.431. The monoisotopic (exact) mass is 285 g/mol. The summed E-state index contributed by atoms with van der Waals surface area (Å²) in [5, 5.41) is 14.5. The van der Waals surface area contributed by atoms with E-state index in [2.05, 4.69) is 33.4 Å². The van der Waals surface area contributed by atoms with Gasteiger partial charge >= 0.3 is 0 Å². The Balaban J connectivity index is 2.62. The first-order chi connectivity index (χ1) is 7.63. The van der Waals surface area contributed by atoms with Crippen LogP contribution < -0.4 is 5.43 Å². The van der Waals surface area contributed by atoms with Gasteiger partial charge in [-0.05, 0) is 40.9 Å². The van der Waals surface area contributed by atoms with Crippen molar-refractivity contribution in [1.29, 1.82) is 0 Å². The first-order valence-corrected chi connectivity index (χ1v) is 5.65. The maximum atomic E-state index is 10.4. The van der Waals surface area contributed by atoms with Crippen LogP contribution in [0.5, 0.6) is 0 Å². The van der Waals surface area contributed by atoms with E-state index in [1.807, 2.05) is 0 Å². The van der Waals surface area contributed by atoms with Crippen LogP contribution in [0.15, 0.2) is 29.4 Å². The minimum absolute atomic E-state index is 0.0714. The molecular formula is C10H12BrN3O2. The molecule has 0 aromatic heterocycles. The number of nitrogens with one attached hydrogen (secondary N) is 1. The highest BCUT2D eigenvalue weighted by Crippen LogP contribution is 2.15. The molecule has 0 amide bonds. The Bertz CT molecular complexity index is 390. The van der Waals surface area contributed by atoms with Crippen molar-refractivity contribution in [2.24, 2.45) is 5.10 Å². The predicted octanol–water partition coefficient (Wildman–Crippen LogP) is 3.52. The minimum Gasteiger partial charge on any atom is -0.278 e. The zero-order valence-corrected chi connectivity index (χ0v) is 10.4. The number of benzene rings is 1. The molecule has 86 valence electrons. The van der Waals surface area contributed by atoms with Gasteiger partial charge in [-0.2, -0.15) is 5.10 Å². The molecule has 1 N–H and O–H groups in total. The molecule has 0 atom stereocenters. The summed E-state index contributed by atoms with van der Waals surface area (Å²) in [6.07, 6.45) is 1.87. The second-order valence-electron chi connectivity index (χ2n) is 3.15. The summed E-state index contributed by atoms with van der Waals surface area (Å²) in [5.41, 5.74) is 3.61. The molecule has 16 heavy (non-hydrogen) atoms. The van der Waals surface area contributed by atoms with Crippen molar-refractivity contribution in [3.05, 3.63) is 34.4 Å². The van der Waals surface area contributed by atoms with Crippen LogP contribution in [0.4, 0.5) is 11.4 Å². The van der Waals surface area contributed by atoms with Crippen molar-refractivity contribution in [3.63, 3.8) is 0 Å². The van der Waals surface area contributed by atoms with Gasteiger partial charge in [-0.3, -0.25) is 15.5 Å². The molecule has 0 unspecified atom stereocenters. The number of nitrogens with zero attached hydrogens (tertiary/aromatic N) is 2. The van der Waals surface area contributed by atoms with Gasteiger partial charge in [0.25, 0.3) is 5.69 Å². The van der Waals surface area contributed by atoms with Gasteiger partial charge in [0.15, 0.2) is 0 Å². The Labute approximate surface area is 102 Å². The van der Waals surface area contributed by atoms with Crippen LogP contribution in [-0.2, 0) is 0 Å². The lowest BCUT2D eigenvalue weighted by Gasteiger charge is -2.00. The van der Waals surface area contributed by atoms with Crippen LogP contribution in [0, 0.1) is 10.1 Å². The number of nitro benzene ring substituents is 1. The van der Waals surface area contributed by atoms with Crippen molar-refractivity contribution in [1.82, 2.24) is 0 Å². The van der Waals surface area contributed by atoms with Crippen LogP contribution in [0.2, 0.25) is 0 Å². The number of hydrogen-bond donors (Lipinski definition) is 1. The lowest BCUT2D eigenvalue weighted by molar-refractivity contribution is -0.384. The quantitative estimate of drug-likeness (QED) is 0.511. The molecule has 0 saturated heterocycles. The Morgan fingerprint density at radius 2 is 2.12 bits per heavy atom. The van der Waals surface area contributed by atoms with Gasteiger partial charge in [0, 0.05) is 12.1 Å². The summed E-state index contributed by atoms with van der Waals surface area (Å²) < 4.78 is 0.827. The molecule has 1 aromatic carbocycles. The first kappa shape index (κ1) is 12.6. The number of halogens is 1. The molecule has 0 fully saturated rings. The largest absolute Gasteiger partial charge is 0.278 e. The summed E-state index contributed by atoms with van der Waals surface area (Å²) in [7, 11) is 0. The molecule has 6 heteroatoms. The van der Waals surface area contributed by atoms with Crippen LogP contribution in [0.3, 0.4) is 0 Å². The van der Waals surface area contributed by atoms with Crippen LogP contribution in [-0.4, -0.2) is 9.54 Å². The number of anilines is 1. The molecule has 0 spiro atoms. The molecule has 0 aliphatic carbocycles. The van der Waals surface area contributed by atoms with Crippen molar-refractivity contribution < 1.29 is 4.92 Å². The molecule has 1 aromatic rings. The molecule has 0 aliphatic rings. The van der Waals surface area contributed by atoms with Crippen LogP contribution in [0.25, 0.3) is 0 Å². The molecule has 1 rings (SSSR count). The van der Waals surface area contributed by atoms with E-state index in [4.69, 9.17) is 0 Å². The van der Waals surface area contributed by atoms with E-state index in [0.29, 0.717) is 0 Å². The van der Waals surface area contributed by atoms with E-state index < -0.39 is 4.92 Å². The van der Waals surface area contributed by atoms with Gasteiger partial charge in [0.2, 0.25) is 0 Å². The summed E-state index contributed by atoms with van der Waals surface area (Å²) in [4.78, 5) is 9.98. The van der Waals surface area contributed by atoms with Gasteiger partial charge in [-0.25, -0.2) is 0 Å². The molecular weight excluding hydrogens is 274 g/mol. The molecule has 0 radical (unpaired) electrons. The Kier molecular flexibility index (Phi) is 4.91. The lowest BCUT2D eigenvalue weighted by atomic mass is 10.3. The van der Waals surface area contributed by atoms with E-state index in [-0.39, 0.29) is 5.69 Å². The highest BCUT2D eigenvalue weighted by atomic mass is 79.9. The maximum absolute atomic E-state index is 10.4. The summed E-state index contributed by atoms with van der Waals surface area (Å²) in [5.74, 6) is 0. The molecule has 0 aliphatic heterocycles. The number of nitro groups is 1. The summed E-state index contributed by atoms with van der Waals surface area (Å²) in [6.45, 7) is 2.06. The van der Waals surface area contributed by atoms with E-state index in [0.717, 1.165) is 23.1 Å². The third-order valence-electron chi connectivity index (χ3n) is 1.84. The SMILES string of the molecule is CCCC(Br)=NNc1ccc([N+](=O)[O-])cc1. The Morgan fingerprint density at radius 3 is 2.62 bits per heavy atom. The van der Waals surface area contributed by atoms with E-state index in [1.54, 1.807) is 12.1 Å². The molecule has 0 saturated carbocycles. The fourth-order valence-corrected chi connectivity index (χ4v) is 1.53. The van der Waals surface area contributed by atoms with Crippen LogP contribution >= 0.6 is 15.9 Å². The predicted molar refractivity (Wildman–Crippen MR) is 68.0 cm³/mol. The second-order valence-corrected chi connectivity index (χ2v) is 4.07.